The molecule has 0 aromatic heterocycles. The van der Waals surface area contributed by atoms with Gasteiger partial charge in [0.1, 0.15) is 0 Å². The molecule has 0 heterocycles. The molecule has 0 aromatic carbocycles. The Balaban J connectivity index is 3.35. The minimum absolute atomic E-state index is 0.793. The van der Waals surface area contributed by atoms with E-state index in [1.807, 2.05) is 14.0 Å². The molecule has 0 aliphatic heterocycles. The molecule has 0 aromatic rings. The van der Waals surface area contributed by atoms with Crippen LogP contribution in [0.4, 0.5) is 0 Å². The molecule has 0 unspecified atom stereocenters. The fourth-order valence-corrected chi connectivity index (χ4v) is 2.04. The van der Waals surface area contributed by atoms with Crippen molar-refractivity contribution >= 4 is 5.96 Å². The van der Waals surface area contributed by atoms with Gasteiger partial charge in [-0.3, -0.25) is 4.99 Å². The normalized spacial score (nSPS) is 12.0. The lowest BCUT2D eigenvalue weighted by Gasteiger charge is -2.12. The second kappa shape index (κ2) is 15.6. The zero-order valence-electron chi connectivity index (χ0n) is 14.6. The van der Waals surface area contributed by atoms with Gasteiger partial charge in [-0.15, -0.1) is 0 Å². The highest BCUT2D eigenvalue weighted by atomic mass is 16.5. The topological polar surface area (TPSA) is 48.9 Å². The molecule has 0 atom stereocenters. The highest BCUT2D eigenvalue weighted by molar-refractivity contribution is 5.79. The minimum atomic E-state index is 0.793. The largest absolute Gasteiger partial charge is 0.382 e. The molecule has 126 valence electrons. The van der Waals surface area contributed by atoms with E-state index in [9.17, 15) is 0 Å². The Morgan fingerprint density at radius 2 is 1.57 bits per heavy atom. The van der Waals surface area contributed by atoms with E-state index in [4.69, 9.17) is 4.74 Å². The van der Waals surface area contributed by atoms with Crippen LogP contribution in [-0.4, -0.2) is 64.9 Å². The second-order valence-corrected chi connectivity index (χ2v) is 5.55. The number of hydrogen-bond donors (Lipinski definition) is 2. The Bertz CT molecular complexity index is 244. The second-order valence-electron chi connectivity index (χ2n) is 5.55. The van der Waals surface area contributed by atoms with E-state index in [2.05, 4.69) is 34.6 Å². The zero-order valence-corrected chi connectivity index (χ0v) is 14.6. The molecule has 0 amide bonds. The summed E-state index contributed by atoms with van der Waals surface area (Å²) in [5.41, 5.74) is 0. The van der Waals surface area contributed by atoms with E-state index in [-0.39, 0.29) is 0 Å². The van der Waals surface area contributed by atoms with E-state index in [1.165, 1.54) is 38.6 Å². The van der Waals surface area contributed by atoms with Crippen molar-refractivity contribution in [1.29, 1.82) is 0 Å². The monoisotopic (exact) mass is 300 g/mol. The van der Waals surface area contributed by atoms with E-state index in [1.54, 1.807) is 0 Å². The van der Waals surface area contributed by atoms with Crippen molar-refractivity contribution in [2.24, 2.45) is 4.99 Å². The number of rotatable bonds is 13. The lowest BCUT2D eigenvalue weighted by atomic mass is 10.1. The Morgan fingerprint density at radius 1 is 0.952 bits per heavy atom. The SMILES string of the molecule is CCOCCCNC(=NC)NCCCCCCCN(C)C. The summed E-state index contributed by atoms with van der Waals surface area (Å²) < 4.78 is 5.31. The van der Waals surface area contributed by atoms with Crippen molar-refractivity contribution < 1.29 is 4.74 Å². The molecule has 5 nitrogen and oxygen atoms in total. The van der Waals surface area contributed by atoms with Crippen LogP contribution in [0.5, 0.6) is 0 Å². The molecule has 0 aliphatic rings. The fourth-order valence-electron chi connectivity index (χ4n) is 2.04. The third-order valence-corrected chi connectivity index (χ3v) is 3.26. The van der Waals surface area contributed by atoms with Gasteiger partial charge in [-0.1, -0.05) is 19.3 Å². The lowest BCUT2D eigenvalue weighted by molar-refractivity contribution is 0.145. The van der Waals surface area contributed by atoms with Gasteiger partial charge in [-0.05, 0) is 46.8 Å². The standard InChI is InChI=1S/C16H36N4O/c1-5-21-15-11-13-19-16(17-2)18-12-9-7-6-8-10-14-20(3)4/h5-15H2,1-4H3,(H2,17,18,19). The Kier molecular flexibility index (Phi) is 15.0. The Labute approximate surface area is 131 Å². The van der Waals surface area contributed by atoms with Gasteiger partial charge in [-0.2, -0.15) is 0 Å². The first-order valence-corrected chi connectivity index (χ1v) is 8.37. The summed E-state index contributed by atoms with van der Waals surface area (Å²) in [6, 6.07) is 0. The van der Waals surface area contributed by atoms with Crippen molar-refractivity contribution in [3.8, 4) is 0 Å². The number of ether oxygens (including phenoxy) is 1. The molecule has 5 heteroatoms. The molecule has 0 spiro atoms. The highest BCUT2D eigenvalue weighted by Crippen LogP contribution is 2.02. The van der Waals surface area contributed by atoms with Crippen LogP contribution in [-0.2, 0) is 4.74 Å². The molecule has 0 rings (SSSR count). The van der Waals surface area contributed by atoms with Crippen LogP contribution in [0.1, 0.15) is 45.4 Å². The van der Waals surface area contributed by atoms with Gasteiger partial charge in [0.05, 0.1) is 0 Å². The van der Waals surface area contributed by atoms with Gasteiger partial charge in [0.2, 0.25) is 0 Å². The van der Waals surface area contributed by atoms with Gasteiger partial charge in [0, 0.05) is 33.4 Å². The van der Waals surface area contributed by atoms with Gasteiger partial charge in [-0.25, -0.2) is 0 Å². The molecule has 0 aliphatic carbocycles. The molecular formula is C16H36N4O. The third kappa shape index (κ3) is 15.4. The smallest absolute Gasteiger partial charge is 0.190 e. The van der Waals surface area contributed by atoms with Crippen LogP contribution in [0.2, 0.25) is 0 Å². The summed E-state index contributed by atoms with van der Waals surface area (Å²) in [4.78, 5) is 6.47. The van der Waals surface area contributed by atoms with Crippen molar-refractivity contribution in [3.05, 3.63) is 0 Å². The van der Waals surface area contributed by atoms with E-state index >= 15 is 0 Å². The first-order valence-electron chi connectivity index (χ1n) is 8.37. The van der Waals surface area contributed by atoms with E-state index in [0.717, 1.165) is 38.7 Å². The average Bonchev–Trinajstić information content (AvgIpc) is 2.47. The first kappa shape index (κ1) is 20.2. The van der Waals surface area contributed by atoms with Crippen LogP contribution in [0.25, 0.3) is 0 Å². The highest BCUT2D eigenvalue weighted by Gasteiger charge is 1.97. The Hall–Kier alpha value is -0.810. The molecule has 21 heavy (non-hydrogen) atoms. The van der Waals surface area contributed by atoms with Crippen molar-refractivity contribution in [2.75, 3.05) is 54.0 Å². The predicted molar refractivity (Wildman–Crippen MR) is 92.1 cm³/mol. The summed E-state index contributed by atoms with van der Waals surface area (Å²) >= 11 is 0. The van der Waals surface area contributed by atoms with Gasteiger partial charge >= 0.3 is 0 Å². The summed E-state index contributed by atoms with van der Waals surface area (Å²) in [5, 5.41) is 6.66. The summed E-state index contributed by atoms with van der Waals surface area (Å²) in [6.07, 6.45) is 7.49. The molecule has 0 saturated carbocycles. The number of hydrogen-bond acceptors (Lipinski definition) is 3. The fraction of sp³-hybridized carbons (Fsp3) is 0.938. The van der Waals surface area contributed by atoms with Crippen LogP contribution in [0.15, 0.2) is 4.99 Å². The van der Waals surface area contributed by atoms with Crippen LogP contribution >= 0.6 is 0 Å². The number of aliphatic imine (C=N–C) groups is 1. The minimum Gasteiger partial charge on any atom is -0.382 e. The molecule has 2 N–H and O–H groups in total. The van der Waals surface area contributed by atoms with Crippen molar-refractivity contribution in [1.82, 2.24) is 15.5 Å². The molecule has 0 bridgehead atoms. The van der Waals surface area contributed by atoms with E-state index < -0.39 is 0 Å². The van der Waals surface area contributed by atoms with Crippen LogP contribution < -0.4 is 10.6 Å². The molecular weight excluding hydrogens is 264 g/mol. The number of nitrogens with zero attached hydrogens (tertiary/aromatic N) is 2. The van der Waals surface area contributed by atoms with Gasteiger partial charge in [0.15, 0.2) is 5.96 Å². The summed E-state index contributed by atoms with van der Waals surface area (Å²) in [6.45, 7) is 6.74. The number of guanidine groups is 1. The summed E-state index contributed by atoms with van der Waals surface area (Å²) in [7, 11) is 6.09. The average molecular weight is 300 g/mol. The third-order valence-electron chi connectivity index (χ3n) is 3.26. The quantitative estimate of drug-likeness (QED) is 0.311. The van der Waals surface area contributed by atoms with Crippen molar-refractivity contribution in [3.63, 3.8) is 0 Å². The maximum atomic E-state index is 5.31. The number of nitrogens with one attached hydrogen (secondary N) is 2. The van der Waals surface area contributed by atoms with Crippen LogP contribution in [0.3, 0.4) is 0 Å². The van der Waals surface area contributed by atoms with E-state index in [0.29, 0.717) is 0 Å². The molecule has 0 radical (unpaired) electrons. The number of unbranched alkanes of at least 4 members (excludes halogenated alkanes) is 4. The molecule has 0 saturated heterocycles. The predicted octanol–water partition coefficient (Wildman–Crippen LogP) is 2.09. The van der Waals surface area contributed by atoms with Gasteiger partial charge in [0.25, 0.3) is 0 Å². The van der Waals surface area contributed by atoms with Crippen LogP contribution in [0, 0.1) is 0 Å². The maximum Gasteiger partial charge on any atom is 0.190 e. The first-order chi connectivity index (χ1) is 10.2. The van der Waals surface area contributed by atoms with Crippen molar-refractivity contribution in [2.45, 2.75) is 45.4 Å². The maximum absolute atomic E-state index is 5.31. The molecule has 0 fully saturated rings. The summed E-state index contributed by atoms with van der Waals surface area (Å²) in [5.74, 6) is 0.902. The zero-order chi connectivity index (χ0) is 15.8. The lowest BCUT2D eigenvalue weighted by Crippen LogP contribution is -2.38. The Morgan fingerprint density at radius 3 is 2.19 bits per heavy atom. The van der Waals surface area contributed by atoms with Gasteiger partial charge < -0.3 is 20.3 Å².